The van der Waals surface area contributed by atoms with Gasteiger partial charge in [0.25, 0.3) is 0 Å². The molecule has 2 aliphatic rings. The molecule has 0 aromatic heterocycles. The number of ether oxygens (including phenoxy) is 1. The van der Waals surface area contributed by atoms with Crippen molar-refractivity contribution in [1.29, 1.82) is 0 Å². The first-order valence-corrected chi connectivity index (χ1v) is 28.0. The number of amides is 6. The maximum atomic E-state index is 14.6. The molecule has 0 radical (unpaired) electrons. The van der Waals surface area contributed by atoms with Gasteiger partial charge in [-0.15, -0.1) is 0 Å². The van der Waals surface area contributed by atoms with Crippen LogP contribution < -0.4 is 54.8 Å². The van der Waals surface area contributed by atoms with Crippen LogP contribution in [-0.2, 0) is 59.1 Å². The van der Waals surface area contributed by atoms with Gasteiger partial charge in [0.2, 0.25) is 35.4 Å². The maximum absolute atomic E-state index is 14.6. The van der Waals surface area contributed by atoms with Gasteiger partial charge >= 0.3 is 0 Å². The number of nitrogens with zero attached hydrogens (tertiary/aromatic N) is 1. The number of ketones is 4. The summed E-state index contributed by atoms with van der Waals surface area (Å²) in [4.78, 5) is 143. The summed E-state index contributed by atoms with van der Waals surface area (Å²) < 4.78 is 5.38. The Bertz CT molecular complexity index is 2140. The van der Waals surface area contributed by atoms with Crippen molar-refractivity contribution in [2.45, 2.75) is 154 Å². The highest BCUT2D eigenvalue weighted by atomic mass is 16.5. The van der Waals surface area contributed by atoms with Crippen LogP contribution in [0.25, 0.3) is 0 Å². The number of aliphatic hydroxyl groups is 2. The summed E-state index contributed by atoms with van der Waals surface area (Å²) in [5, 5.41) is 37.6. The fourth-order valence-corrected chi connectivity index (χ4v) is 9.73. The molecule has 444 valence electrons. The number of nitrogens with one attached hydrogen (secondary N) is 6. The standard InChI is InChI=1S/C55H91N11O13/c1-33(2)27-46-55(78)64-45(15-20-59)54(77)63-44(14-19-58)49(72)32-41(35(4)68)52(75)60-21-16-37(50(73)61-42(12-17-56)48(71)30-38(51(74)65-46)28-36-9-6-5-7-10-36)29-47(70)43(13-18-57)62-53(76)40(34(3)67)31-39(69)11-8-22-66-23-25-79-26-24-66/h5-7,9-10,33-35,37-38,40-46,67-68H,8,11-32,56-59H2,1-4H3,(H,60,75)(H,61,73)(H,62,76)(H,63,77)(H,64,78)(H,65,74)/t34?,35?,37-,38+,40+,41+,42+,43+,44+,45+,46+/m1/s1. The summed E-state index contributed by atoms with van der Waals surface area (Å²) in [7, 11) is 0. The molecule has 2 saturated heterocycles. The van der Waals surface area contributed by atoms with Gasteiger partial charge in [0.1, 0.15) is 17.9 Å². The molecule has 2 fully saturated rings. The molecule has 0 spiro atoms. The van der Waals surface area contributed by atoms with Crippen LogP contribution in [-0.4, -0.2) is 182 Å². The van der Waals surface area contributed by atoms with Gasteiger partial charge in [-0.3, -0.25) is 52.8 Å². The van der Waals surface area contributed by atoms with E-state index in [1.165, 1.54) is 13.8 Å². The van der Waals surface area contributed by atoms with E-state index in [9.17, 15) is 58.2 Å². The van der Waals surface area contributed by atoms with Crippen LogP contribution in [0.5, 0.6) is 0 Å². The Morgan fingerprint density at radius 1 is 0.709 bits per heavy atom. The lowest BCUT2D eigenvalue weighted by Crippen LogP contribution is -2.57. The molecule has 11 atom stereocenters. The molecule has 79 heavy (non-hydrogen) atoms. The Morgan fingerprint density at radius 2 is 1.27 bits per heavy atom. The van der Waals surface area contributed by atoms with Crippen molar-refractivity contribution in [1.82, 2.24) is 36.8 Å². The number of morpholine rings is 1. The van der Waals surface area contributed by atoms with Crippen molar-refractivity contribution >= 4 is 58.6 Å². The second-order valence-electron chi connectivity index (χ2n) is 21.4. The fraction of sp³-hybridized carbons (Fsp3) is 0.709. The zero-order valence-electron chi connectivity index (χ0n) is 46.7. The topological polar surface area (TPSA) is 400 Å². The Kier molecular flexibility index (Phi) is 30.8. The van der Waals surface area contributed by atoms with Gasteiger partial charge in [0.05, 0.1) is 55.4 Å². The lowest BCUT2D eigenvalue weighted by molar-refractivity contribution is -0.137. The number of hydrogen-bond donors (Lipinski definition) is 12. The number of carbonyl (C=O) groups is 10. The number of nitrogens with two attached hydrogens (primary N) is 4. The van der Waals surface area contributed by atoms with Crippen LogP contribution in [0, 0.1) is 29.6 Å². The van der Waals surface area contributed by atoms with E-state index >= 15 is 0 Å². The summed E-state index contributed by atoms with van der Waals surface area (Å²) in [6, 6.07) is 2.46. The molecule has 1 aromatic rings. The zero-order chi connectivity index (χ0) is 58.6. The average molecular weight is 1110 g/mol. The highest BCUT2D eigenvalue weighted by molar-refractivity contribution is 5.98. The third-order valence-corrected chi connectivity index (χ3v) is 14.4. The number of Topliss-reactive ketones (excluding diaryl/α,β-unsaturated/α-hetero) is 4. The van der Waals surface area contributed by atoms with Gasteiger partial charge in [-0.05, 0) is 109 Å². The van der Waals surface area contributed by atoms with E-state index in [0.29, 0.717) is 31.7 Å². The van der Waals surface area contributed by atoms with Crippen LogP contribution in [0.15, 0.2) is 30.3 Å². The van der Waals surface area contributed by atoms with E-state index in [1.54, 1.807) is 30.3 Å². The number of carbonyl (C=O) groups excluding carboxylic acids is 10. The molecule has 3 rings (SSSR count). The minimum absolute atomic E-state index is 0.0318. The number of benzene rings is 1. The highest BCUT2D eigenvalue weighted by Crippen LogP contribution is 2.21. The predicted molar refractivity (Wildman–Crippen MR) is 294 cm³/mol. The van der Waals surface area contributed by atoms with Gasteiger partial charge in [-0.1, -0.05) is 44.2 Å². The Balaban J connectivity index is 2.05. The van der Waals surface area contributed by atoms with Crippen molar-refractivity contribution in [3.05, 3.63) is 35.9 Å². The predicted octanol–water partition coefficient (Wildman–Crippen LogP) is -2.21. The fourth-order valence-electron chi connectivity index (χ4n) is 9.73. The lowest BCUT2D eigenvalue weighted by atomic mass is 9.89. The Morgan fingerprint density at radius 3 is 1.85 bits per heavy atom. The molecule has 6 amide bonds. The third kappa shape index (κ3) is 24.0. The SMILES string of the molecule is CC(C)C[C@@H]1NC(=O)[C@@H](Cc2ccccc2)CC(=O)[C@H](CCN)NC(=O)[C@@H](CC(=O)[C@H](CCN)NC(=O)[C@@H](CC(=O)CCCN2CCOCC2)C(C)O)CCNC(=O)[C@H](C(C)O)CC(=O)[C@H](CCN)NC(=O)[C@H](CCN)NC1=O. The normalized spacial score (nSPS) is 24.7. The molecule has 24 nitrogen and oxygen atoms in total. The summed E-state index contributed by atoms with van der Waals surface area (Å²) >= 11 is 0. The molecular weight excluding hydrogens is 1020 g/mol. The minimum Gasteiger partial charge on any atom is -0.393 e. The molecule has 0 bridgehead atoms. The number of aliphatic hydroxyl groups excluding tert-OH is 2. The van der Waals surface area contributed by atoms with Crippen LogP contribution in [0.4, 0.5) is 0 Å². The quantitative estimate of drug-likeness (QED) is 0.0494. The van der Waals surface area contributed by atoms with E-state index in [0.717, 1.165) is 13.1 Å². The lowest BCUT2D eigenvalue weighted by Gasteiger charge is -2.28. The first-order valence-electron chi connectivity index (χ1n) is 28.0. The minimum atomic E-state index is -1.41. The molecule has 1 aromatic carbocycles. The number of rotatable bonds is 25. The van der Waals surface area contributed by atoms with Gasteiger partial charge < -0.3 is 69.8 Å². The zero-order valence-corrected chi connectivity index (χ0v) is 46.7. The highest BCUT2D eigenvalue weighted by Gasteiger charge is 2.37. The molecule has 2 heterocycles. The number of hydrogen-bond acceptors (Lipinski definition) is 18. The average Bonchev–Trinajstić information content (AvgIpc) is 3.40. The summed E-state index contributed by atoms with van der Waals surface area (Å²) in [5.74, 6) is -12.0. The Hall–Kier alpha value is -5.60. The smallest absolute Gasteiger partial charge is 0.243 e. The summed E-state index contributed by atoms with van der Waals surface area (Å²) in [6.07, 6.45) is -4.33. The van der Waals surface area contributed by atoms with Crippen LogP contribution in [0.3, 0.4) is 0 Å². The van der Waals surface area contributed by atoms with Crippen molar-refractivity contribution in [2.24, 2.45) is 52.5 Å². The maximum Gasteiger partial charge on any atom is 0.243 e. The Labute approximate surface area is 464 Å². The van der Waals surface area contributed by atoms with Crippen molar-refractivity contribution in [3.8, 4) is 0 Å². The van der Waals surface area contributed by atoms with Crippen LogP contribution >= 0.6 is 0 Å². The van der Waals surface area contributed by atoms with Gasteiger partial charge in [0, 0.05) is 63.6 Å². The van der Waals surface area contributed by atoms with Gasteiger partial charge in [-0.25, -0.2) is 0 Å². The first kappa shape index (κ1) is 67.7. The molecule has 0 saturated carbocycles. The largest absolute Gasteiger partial charge is 0.393 e. The third-order valence-electron chi connectivity index (χ3n) is 14.4. The molecular formula is C55H91N11O13. The summed E-state index contributed by atoms with van der Waals surface area (Å²) in [5.41, 5.74) is 24.4. The van der Waals surface area contributed by atoms with Crippen LogP contribution in [0.1, 0.15) is 110 Å². The molecule has 0 aliphatic carbocycles. The molecule has 2 unspecified atom stereocenters. The van der Waals surface area contributed by atoms with E-state index in [2.05, 4.69) is 36.8 Å². The van der Waals surface area contributed by atoms with Crippen LogP contribution in [0.2, 0.25) is 0 Å². The summed E-state index contributed by atoms with van der Waals surface area (Å²) in [6.45, 7) is 9.02. The van der Waals surface area contributed by atoms with Gasteiger partial charge in [-0.2, -0.15) is 0 Å². The molecule has 16 N–H and O–H groups in total. The van der Waals surface area contributed by atoms with Crippen molar-refractivity contribution in [3.63, 3.8) is 0 Å². The molecule has 2 aliphatic heterocycles. The van der Waals surface area contributed by atoms with E-state index in [1.807, 2.05) is 13.8 Å². The van der Waals surface area contributed by atoms with E-state index in [-0.39, 0.29) is 102 Å². The van der Waals surface area contributed by atoms with E-state index < -0.39 is 138 Å². The van der Waals surface area contributed by atoms with Crippen molar-refractivity contribution < 1.29 is 62.9 Å². The van der Waals surface area contributed by atoms with Gasteiger partial charge in [0.15, 0.2) is 17.3 Å². The van der Waals surface area contributed by atoms with E-state index in [4.69, 9.17) is 27.7 Å². The second kappa shape index (κ2) is 35.9. The first-order chi connectivity index (χ1) is 37.6. The second-order valence-corrected chi connectivity index (χ2v) is 21.4. The molecule has 24 heteroatoms. The van der Waals surface area contributed by atoms with Crippen molar-refractivity contribution in [2.75, 3.05) is 65.6 Å². The monoisotopic (exact) mass is 1110 g/mol.